The second-order valence-electron chi connectivity index (χ2n) is 5.73. The zero-order valence-corrected chi connectivity index (χ0v) is 13.0. The van der Waals surface area contributed by atoms with Crippen LogP contribution >= 0.6 is 0 Å². The molecule has 0 radical (unpaired) electrons. The second kappa shape index (κ2) is 6.64. The minimum absolute atomic E-state index is 0.0174. The molecule has 1 unspecified atom stereocenters. The summed E-state index contributed by atoms with van der Waals surface area (Å²) in [5.74, 6) is -0.691. The molecule has 3 rings (SSSR count). The molecule has 6 nitrogen and oxygen atoms in total. The maximum Gasteiger partial charge on any atom is 0.310 e. The number of benzene rings is 1. The van der Waals surface area contributed by atoms with E-state index in [1.54, 1.807) is 11.1 Å². The van der Waals surface area contributed by atoms with Crippen molar-refractivity contribution in [1.82, 2.24) is 14.7 Å². The summed E-state index contributed by atoms with van der Waals surface area (Å²) in [6.45, 7) is 1.58. The highest BCUT2D eigenvalue weighted by Crippen LogP contribution is 2.21. The zero-order valence-electron chi connectivity index (χ0n) is 13.0. The van der Waals surface area contributed by atoms with Crippen molar-refractivity contribution in [2.45, 2.75) is 19.5 Å². The van der Waals surface area contributed by atoms with Crippen LogP contribution in [-0.4, -0.2) is 40.2 Å². The molecule has 1 aliphatic rings. The third-order valence-corrected chi connectivity index (χ3v) is 4.00. The third kappa shape index (κ3) is 3.59. The van der Waals surface area contributed by atoms with Crippen LogP contribution in [0, 0.1) is 5.92 Å². The smallest absolute Gasteiger partial charge is 0.310 e. The van der Waals surface area contributed by atoms with Crippen LogP contribution in [0.4, 0.5) is 0 Å². The highest BCUT2D eigenvalue weighted by atomic mass is 16.5. The van der Waals surface area contributed by atoms with Gasteiger partial charge in [-0.25, -0.2) is 0 Å². The highest BCUT2D eigenvalue weighted by molar-refractivity contribution is 5.86. The lowest BCUT2D eigenvalue weighted by Crippen LogP contribution is -2.26. The Labute approximate surface area is 134 Å². The number of rotatable bonds is 5. The summed E-state index contributed by atoms with van der Waals surface area (Å²) in [5, 5.41) is 4.34. The van der Waals surface area contributed by atoms with Gasteiger partial charge in [-0.3, -0.25) is 14.3 Å². The zero-order chi connectivity index (χ0) is 16.2. The number of ether oxygens (including phenoxy) is 1. The Hall–Kier alpha value is -2.63. The average molecular weight is 313 g/mol. The summed E-state index contributed by atoms with van der Waals surface area (Å²) in [6.07, 6.45) is 3.93. The number of carbonyl (C=O) groups excluding carboxylic acids is 2. The summed E-state index contributed by atoms with van der Waals surface area (Å²) in [7, 11) is 1.35. The van der Waals surface area contributed by atoms with Gasteiger partial charge in [0.05, 0.1) is 25.8 Å². The van der Waals surface area contributed by atoms with E-state index in [4.69, 9.17) is 4.74 Å². The van der Waals surface area contributed by atoms with E-state index in [1.807, 2.05) is 41.2 Å². The van der Waals surface area contributed by atoms with Crippen molar-refractivity contribution in [3.8, 4) is 0 Å². The van der Waals surface area contributed by atoms with Crippen LogP contribution in [-0.2, 0) is 27.4 Å². The van der Waals surface area contributed by atoms with Gasteiger partial charge in [0.2, 0.25) is 5.91 Å². The first-order chi connectivity index (χ1) is 11.2. The number of hydrogen-bond donors (Lipinski definition) is 0. The van der Waals surface area contributed by atoms with Gasteiger partial charge in [-0.1, -0.05) is 30.3 Å². The fourth-order valence-corrected chi connectivity index (χ4v) is 2.81. The molecule has 1 saturated heterocycles. The van der Waals surface area contributed by atoms with Gasteiger partial charge >= 0.3 is 5.97 Å². The average Bonchev–Trinajstić information content (AvgIpc) is 3.15. The van der Waals surface area contributed by atoms with Gasteiger partial charge in [0.25, 0.3) is 0 Å². The number of hydrogen-bond acceptors (Lipinski definition) is 4. The highest BCUT2D eigenvalue weighted by Gasteiger charge is 2.34. The minimum atomic E-state index is -0.355. The molecule has 1 aromatic carbocycles. The molecule has 1 aliphatic heterocycles. The molecule has 1 aromatic heterocycles. The van der Waals surface area contributed by atoms with E-state index in [1.165, 1.54) is 12.7 Å². The van der Waals surface area contributed by atoms with Crippen LogP contribution in [0.3, 0.4) is 0 Å². The molecular weight excluding hydrogens is 294 g/mol. The molecule has 0 spiro atoms. The van der Waals surface area contributed by atoms with Gasteiger partial charge in [0.15, 0.2) is 0 Å². The van der Waals surface area contributed by atoms with Gasteiger partial charge in [-0.05, 0) is 5.56 Å². The fraction of sp³-hybridized carbons (Fsp3) is 0.353. The molecule has 0 N–H and O–H groups in total. The van der Waals surface area contributed by atoms with Gasteiger partial charge < -0.3 is 9.64 Å². The van der Waals surface area contributed by atoms with Crippen LogP contribution in [0.25, 0.3) is 0 Å². The molecule has 23 heavy (non-hydrogen) atoms. The number of carbonyl (C=O) groups is 2. The lowest BCUT2D eigenvalue weighted by molar-refractivity contribution is -0.145. The standard InChI is InChI=1S/C17H19N3O3/c1-23-17(22)15-7-16(21)19(12-15)9-14-8-18-20(11-14)10-13-5-3-2-4-6-13/h2-6,8,11,15H,7,9-10,12H2,1H3. The normalized spacial score (nSPS) is 17.5. The monoisotopic (exact) mass is 313 g/mol. The Morgan fingerprint density at radius 1 is 1.26 bits per heavy atom. The Kier molecular flexibility index (Phi) is 4.41. The Morgan fingerprint density at radius 3 is 2.78 bits per heavy atom. The van der Waals surface area contributed by atoms with Crippen LogP contribution in [0.2, 0.25) is 0 Å². The van der Waals surface area contributed by atoms with E-state index in [0.29, 0.717) is 19.6 Å². The molecule has 0 bridgehead atoms. The Morgan fingerprint density at radius 2 is 2.04 bits per heavy atom. The van der Waals surface area contributed by atoms with Crippen LogP contribution < -0.4 is 0 Å². The van der Waals surface area contributed by atoms with E-state index in [2.05, 4.69) is 5.10 Å². The van der Waals surface area contributed by atoms with Crippen molar-refractivity contribution in [2.24, 2.45) is 5.92 Å². The van der Waals surface area contributed by atoms with Gasteiger partial charge in [0, 0.05) is 31.3 Å². The topological polar surface area (TPSA) is 64.4 Å². The van der Waals surface area contributed by atoms with E-state index in [0.717, 1.165) is 5.56 Å². The molecule has 1 amide bonds. The molecular formula is C17H19N3O3. The number of amides is 1. The molecule has 6 heteroatoms. The lowest BCUT2D eigenvalue weighted by atomic mass is 10.1. The van der Waals surface area contributed by atoms with E-state index in [-0.39, 0.29) is 24.2 Å². The fourth-order valence-electron chi connectivity index (χ4n) is 2.81. The van der Waals surface area contributed by atoms with E-state index in [9.17, 15) is 9.59 Å². The Balaban J connectivity index is 1.61. The molecule has 0 aliphatic carbocycles. The Bertz CT molecular complexity index is 696. The number of methoxy groups -OCH3 is 1. The van der Waals surface area contributed by atoms with E-state index >= 15 is 0 Å². The lowest BCUT2D eigenvalue weighted by Gasteiger charge is -2.14. The minimum Gasteiger partial charge on any atom is -0.469 e. The summed E-state index contributed by atoms with van der Waals surface area (Å²) >= 11 is 0. The predicted octanol–water partition coefficient (Wildman–Crippen LogP) is 1.45. The molecule has 120 valence electrons. The summed E-state index contributed by atoms with van der Waals surface area (Å²) in [4.78, 5) is 25.2. The van der Waals surface area contributed by atoms with Crippen molar-refractivity contribution in [1.29, 1.82) is 0 Å². The van der Waals surface area contributed by atoms with Crippen molar-refractivity contribution < 1.29 is 14.3 Å². The quantitative estimate of drug-likeness (QED) is 0.784. The van der Waals surface area contributed by atoms with Crippen LogP contribution in [0.1, 0.15) is 17.5 Å². The number of aromatic nitrogens is 2. The number of esters is 1. The molecule has 2 aromatic rings. The van der Waals surface area contributed by atoms with E-state index < -0.39 is 0 Å². The number of likely N-dealkylation sites (tertiary alicyclic amines) is 1. The van der Waals surface area contributed by atoms with Crippen LogP contribution in [0.15, 0.2) is 42.7 Å². The van der Waals surface area contributed by atoms with Crippen molar-refractivity contribution in [3.05, 3.63) is 53.9 Å². The summed E-state index contributed by atoms with van der Waals surface area (Å²) in [5.41, 5.74) is 2.13. The first kappa shape index (κ1) is 15.3. The number of nitrogens with zero attached hydrogens (tertiary/aromatic N) is 3. The maximum absolute atomic E-state index is 12.0. The first-order valence-corrected chi connectivity index (χ1v) is 7.56. The molecule has 0 saturated carbocycles. The van der Waals surface area contributed by atoms with Crippen molar-refractivity contribution in [2.75, 3.05) is 13.7 Å². The van der Waals surface area contributed by atoms with Gasteiger partial charge in [0.1, 0.15) is 0 Å². The van der Waals surface area contributed by atoms with Crippen molar-refractivity contribution >= 4 is 11.9 Å². The van der Waals surface area contributed by atoms with Crippen molar-refractivity contribution in [3.63, 3.8) is 0 Å². The summed E-state index contributed by atoms with van der Waals surface area (Å²) in [6, 6.07) is 10.1. The second-order valence-corrected chi connectivity index (χ2v) is 5.73. The third-order valence-electron chi connectivity index (χ3n) is 4.00. The predicted molar refractivity (Wildman–Crippen MR) is 83.3 cm³/mol. The SMILES string of the molecule is COC(=O)C1CC(=O)N(Cc2cnn(Cc3ccccc3)c2)C1. The van der Waals surface area contributed by atoms with Crippen LogP contribution in [0.5, 0.6) is 0 Å². The van der Waals surface area contributed by atoms with Gasteiger partial charge in [-0.2, -0.15) is 5.10 Å². The largest absolute Gasteiger partial charge is 0.469 e. The first-order valence-electron chi connectivity index (χ1n) is 7.56. The molecule has 2 heterocycles. The maximum atomic E-state index is 12.0. The molecule has 1 atom stereocenters. The summed E-state index contributed by atoms with van der Waals surface area (Å²) < 4.78 is 6.57. The van der Waals surface area contributed by atoms with Gasteiger partial charge in [-0.15, -0.1) is 0 Å². The molecule has 1 fully saturated rings.